The average molecular weight is 289 g/mol. The average Bonchev–Trinajstić information content (AvgIpc) is 2.39. The third-order valence-corrected chi connectivity index (χ3v) is 3.69. The van der Waals surface area contributed by atoms with Crippen molar-refractivity contribution in [3.8, 4) is 0 Å². The molecule has 1 saturated heterocycles. The molecule has 1 aromatic heterocycles. The Labute approximate surface area is 116 Å². The molecule has 0 saturated carbocycles. The molecule has 1 aliphatic rings. The van der Waals surface area contributed by atoms with Gasteiger partial charge < -0.3 is 15.5 Å². The number of piperidine rings is 1. The Balaban J connectivity index is 2.19. The maximum Gasteiger partial charge on any atom is 0.156 e. The molecule has 1 atom stereocenters. The van der Waals surface area contributed by atoms with Crippen LogP contribution in [0.4, 0.5) is 4.39 Å². The Morgan fingerprint density at radius 3 is 2.74 bits per heavy atom. The van der Waals surface area contributed by atoms with Gasteiger partial charge in [-0.1, -0.05) is 11.6 Å². The van der Waals surface area contributed by atoms with Crippen molar-refractivity contribution in [1.29, 1.82) is 0 Å². The van der Waals surface area contributed by atoms with Gasteiger partial charge in [0.2, 0.25) is 0 Å². The number of aliphatic hydroxyl groups excluding tert-OH is 2. The summed E-state index contributed by atoms with van der Waals surface area (Å²) < 4.78 is 14.7. The Bertz CT molecular complexity index is 439. The van der Waals surface area contributed by atoms with Gasteiger partial charge in [-0.2, -0.15) is 0 Å². The van der Waals surface area contributed by atoms with E-state index in [1.165, 1.54) is 6.20 Å². The topological polar surface area (TPSA) is 65.4 Å². The quantitative estimate of drug-likeness (QED) is 0.778. The van der Waals surface area contributed by atoms with Gasteiger partial charge >= 0.3 is 0 Å². The minimum Gasteiger partial charge on any atom is -0.394 e. The highest BCUT2D eigenvalue weighted by molar-refractivity contribution is 6.31. The van der Waals surface area contributed by atoms with Crippen molar-refractivity contribution >= 4 is 11.6 Å². The zero-order valence-electron chi connectivity index (χ0n) is 10.6. The predicted octanol–water partition coefficient (Wildman–Crippen LogP) is 1.18. The highest BCUT2D eigenvalue weighted by atomic mass is 35.5. The van der Waals surface area contributed by atoms with Gasteiger partial charge in [0.15, 0.2) is 5.67 Å². The molecule has 2 rings (SSSR count). The molecule has 19 heavy (non-hydrogen) atoms. The van der Waals surface area contributed by atoms with Crippen LogP contribution in [0, 0.1) is 0 Å². The summed E-state index contributed by atoms with van der Waals surface area (Å²) in [5.74, 6) is 0. The van der Waals surface area contributed by atoms with Crippen LogP contribution in [-0.4, -0.2) is 41.0 Å². The molecule has 106 valence electrons. The smallest absolute Gasteiger partial charge is 0.156 e. The molecule has 0 spiro atoms. The van der Waals surface area contributed by atoms with E-state index < -0.39 is 11.8 Å². The van der Waals surface area contributed by atoms with E-state index in [-0.39, 0.29) is 23.7 Å². The van der Waals surface area contributed by atoms with Crippen molar-refractivity contribution in [2.45, 2.75) is 31.0 Å². The fourth-order valence-corrected chi connectivity index (χ4v) is 2.67. The van der Waals surface area contributed by atoms with E-state index in [0.717, 1.165) is 0 Å². The van der Waals surface area contributed by atoms with Crippen LogP contribution in [0.15, 0.2) is 12.3 Å². The predicted molar refractivity (Wildman–Crippen MR) is 70.9 cm³/mol. The second kappa shape index (κ2) is 6.13. The molecule has 0 bridgehead atoms. The van der Waals surface area contributed by atoms with Gasteiger partial charge in [0.25, 0.3) is 0 Å². The summed E-state index contributed by atoms with van der Waals surface area (Å²) in [7, 11) is 0. The zero-order chi connectivity index (χ0) is 13.9. The highest BCUT2D eigenvalue weighted by Crippen LogP contribution is 2.37. The number of nitrogens with one attached hydrogen (secondary N) is 1. The van der Waals surface area contributed by atoms with Crippen molar-refractivity contribution in [1.82, 2.24) is 10.3 Å². The number of nitrogens with zero attached hydrogens (tertiary/aromatic N) is 1. The molecule has 0 aliphatic carbocycles. The molecule has 1 fully saturated rings. The molecule has 1 aliphatic heterocycles. The van der Waals surface area contributed by atoms with Gasteiger partial charge in [-0.15, -0.1) is 0 Å². The molecular formula is C13H18ClFN2O2. The lowest BCUT2D eigenvalue weighted by atomic mass is 9.90. The van der Waals surface area contributed by atoms with E-state index >= 15 is 0 Å². The molecule has 1 aromatic rings. The van der Waals surface area contributed by atoms with Crippen LogP contribution in [0.5, 0.6) is 0 Å². The van der Waals surface area contributed by atoms with Crippen LogP contribution >= 0.6 is 11.6 Å². The monoisotopic (exact) mass is 288 g/mol. The third kappa shape index (κ3) is 3.42. The number of hydrogen-bond acceptors (Lipinski definition) is 4. The SMILES string of the molecule is OC[C@@H](O)Cc1cnc(C2(F)CCNCC2)c(Cl)c1. The lowest BCUT2D eigenvalue weighted by Gasteiger charge is -2.30. The maximum absolute atomic E-state index is 14.7. The Kier molecular flexibility index (Phi) is 4.73. The normalized spacial score (nSPS) is 20.2. The van der Waals surface area contributed by atoms with E-state index in [4.69, 9.17) is 16.7 Å². The van der Waals surface area contributed by atoms with Crippen molar-refractivity contribution in [3.05, 3.63) is 28.5 Å². The molecule has 2 heterocycles. The van der Waals surface area contributed by atoms with Gasteiger partial charge in [-0.25, -0.2) is 4.39 Å². The first kappa shape index (κ1) is 14.7. The first-order valence-corrected chi connectivity index (χ1v) is 6.76. The summed E-state index contributed by atoms with van der Waals surface area (Å²) >= 11 is 6.11. The van der Waals surface area contributed by atoms with E-state index in [1.54, 1.807) is 6.07 Å². The van der Waals surface area contributed by atoms with E-state index in [1.807, 2.05) is 0 Å². The van der Waals surface area contributed by atoms with Gasteiger partial charge in [0.1, 0.15) is 0 Å². The molecule has 0 amide bonds. The minimum absolute atomic E-state index is 0.254. The number of aliphatic hydroxyl groups is 2. The van der Waals surface area contributed by atoms with E-state index in [2.05, 4.69) is 10.3 Å². The van der Waals surface area contributed by atoms with E-state index in [0.29, 0.717) is 31.5 Å². The van der Waals surface area contributed by atoms with Gasteiger partial charge in [-0.3, -0.25) is 4.98 Å². The lowest BCUT2D eigenvalue weighted by Crippen LogP contribution is -2.37. The van der Waals surface area contributed by atoms with Crippen LogP contribution < -0.4 is 5.32 Å². The number of alkyl halides is 1. The van der Waals surface area contributed by atoms with Gasteiger partial charge in [0.05, 0.1) is 23.4 Å². The highest BCUT2D eigenvalue weighted by Gasteiger charge is 2.36. The summed E-state index contributed by atoms with van der Waals surface area (Å²) in [6, 6.07) is 1.62. The Hall–Kier alpha value is -0.750. The van der Waals surface area contributed by atoms with Crippen molar-refractivity contribution in [2.75, 3.05) is 19.7 Å². The minimum atomic E-state index is -1.48. The molecule has 0 radical (unpaired) electrons. The van der Waals surface area contributed by atoms with Crippen molar-refractivity contribution in [2.24, 2.45) is 0 Å². The summed E-state index contributed by atoms with van der Waals surface area (Å²) in [6.45, 7) is 0.900. The van der Waals surface area contributed by atoms with Crippen LogP contribution in [0.2, 0.25) is 5.02 Å². The lowest BCUT2D eigenvalue weighted by molar-refractivity contribution is 0.0952. The molecular weight excluding hydrogens is 271 g/mol. The first-order valence-electron chi connectivity index (χ1n) is 6.38. The molecule has 3 N–H and O–H groups in total. The molecule has 0 aromatic carbocycles. The Morgan fingerprint density at radius 2 is 2.16 bits per heavy atom. The molecule has 6 heteroatoms. The number of pyridine rings is 1. The van der Waals surface area contributed by atoms with E-state index in [9.17, 15) is 9.50 Å². The summed E-state index contributed by atoms with van der Waals surface area (Å²) in [6.07, 6.45) is 1.65. The van der Waals surface area contributed by atoms with Crippen molar-refractivity contribution in [3.63, 3.8) is 0 Å². The fourth-order valence-electron chi connectivity index (χ4n) is 2.32. The zero-order valence-corrected chi connectivity index (χ0v) is 11.3. The summed E-state index contributed by atoms with van der Waals surface area (Å²) in [5, 5.41) is 21.5. The van der Waals surface area contributed by atoms with Crippen molar-refractivity contribution < 1.29 is 14.6 Å². The number of aromatic nitrogens is 1. The van der Waals surface area contributed by atoms with Crippen LogP contribution in [0.1, 0.15) is 24.1 Å². The molecule has 4 nitrogen and oxygen atoms in total. The number of halogens is 2. The second-order valence-electron chi connectivity index (χ2n) is 4.93. The summed E-state index contributed by atoms with van der Waals surface area (Å²) in [5.41, 5.74) is -0.512. The largest absolute Gasteiger partial charge is 0.394 e. The standard InChI is InChI=1S/C13H18ClFN2O2/c14-11-6-9(5-10(19)8-18)7-17-12(11)13(15)1-3-16-4-2-13/h6-7,10,16,18-19H,1-5,8H2/t10-/m0/s1. The van der Waals surface area contributed by atoms with Gasteiger partial charge in [0, 0.05) is 12.6 Å². The number of hydrogen-bond donors (Lipinski definition) is 3. The van der Waals surface area contributed by atoms with Gasteiger partial charge in [-0.05, 0) is 37.6 Å². The second-order valence-corrected chi connectivity index (χ2v) is 5.34. The third-order valence-electron chi connectivity index (χ3n) is 3.40. The van der Waals surface area contributed by atoms with Crippen LogP contribution in [0.3, 0.4) is 0 Å². The fraction of sp³-hybridized carbons (Fsp3) is 0.615. The summed E-state index contributed by atoms with van der Waals surface area (Å²) in [4.78, 5) is 4.13. The Morgan fingerprint density at radius 1 is 1.47 bits per heavy atom. The first-order chi connectivity index (χ1) is 9.05. The molecule has 0 unspecified atom stereocenters. The van der Waals surface area contributed by atoms with Crippen LogP contribution in [-0.2, 0) is 12.1 Å². The van der Waals surface area contributed by atoms with Crippen LogP contribution in [0.25, 0.3) is 0 Å². The number of rotatable bonds is 4. The maximum atomic E-state index is 14.7.